The summed E-state index contributed by atoms with van der Waals surface area (Å²) in [6.45, 7) is 1.16. The van der Waals surface area contributed by atoms with Gasteiger partial charge in [-0.1, -0.05) is 18.2 Å². The van der Waals surface area contributed by atoms with Gasteiger partial charge >= 0.3 is 5.97 Å². The maximum Gasteiger partial charge on any atom is 0.337 e. The molecule has 0 saturated heterocycles. The van der Waals surface area contributed by atoms with Gasteiger partial charge in [0.2, 0.25) is 0 Å². The van der Waals surface area contributed by atoms with Crippen LogP contribution in [0.5, 0.6) is 5.75 Å². The average molecular weight is 376 g/mol. The number of hydrogen-bond donors (Lipinski definition) is 1. The van der Waals surface area contributed by atoms with E-state index in [2.05, 4.69) is 4.98 Å². The summed E-state index contributed by atoms with van der Waals surface area (Å²) in [5.74, 6) is 0.450. The molecule has 28 heavy (non-hydrogen) atoms. The molecule has 0 saturated carbocycles. The van der Waals surface area contributed by atoms with E-state index in [1.165, 1.54) is 7.11 Å². The zero-order valence-electron chi connectivity index (χ0n) is 15.5. The van der Waals surface area contributed by atoms with Crippen LogP contribution in [0.15, 0.2) is 42.5 Å². The lowest BCUT2D eigenvalue weighted by Gasteiger charge is -2.29. The van der Waals surface area contributed by atoms with E-state index in [0.29, 0.717) is 25.1 Å². The Kier molecular flexibility index (Phi) is 3.86. The molecular weight excluding hydrogens is 356 g/mol. The molecule has 1 unspecified atom stereocenters. The van der Waals surface area contributed by atoms with Crippen molar-refractivity contribution in [1.29, 1.82) is 0 Å². The number of H-pyrrole nitrogens is 1. The monoisotopic (exact) mass is 376 g/mol. The van der Waals surface area contributed by atoms with Crippen LogP contribution < -0.4 is 4.74 Å². The Balaban J connectivity index is 1.41. The number of rotatable bonds is 2. The maximum atomic E-state index is 13.1. The molecule has 6 heteroatoms. The topological polar surface area (TPSA) is 71.6 Å². The van der Waals surface area contributed by atoms with Crippen LogP contribution in [-0.2, 0) is 28.9 Å². The number of esters is 1. The van der Waals surface area contributed by atoms with Gasteiger partial charge in [0.15, 0.2) is 6.10 Å². The molecule has 0 radical (unpaired) electrons. The van der Waals surface area contributed by atoms with Gasteiger partial charge in [-0.15, -0.1) is 0 Å². The minimum absolute atomic E-state index is 0.0142. The molecule has 5 rings (SSSR count). The van der Waals surface area contributed by atoms with Crippen LogP contribution in [0.3, 0.4) is 0 Å². The zero-order valence-corrected chi connectivity index (χ0v) is 15.5. The molecular formula is C22H20N2O4. The van der Waals surface area contributed by atoms with Crippen molar-refractivity contribution in [3.05, 3.63) is 64.8 Å². The van der Waals surface area contributed by atoms with E-state index in [1.54, 1.807) is 6.07 Å². The zero-order chi connectivity index (χ0) is 19.3. The van der Waals surface area contributed by atoms with E-state index in [0.717, 1.165) is 39.9 Å². The Morgan fingerprint density at radius 2 is 2.07 bits per heavy atom. The Morgan fingerprint density at radius 3 is 2.89 bits per heavy atom. The third-order valence-electron chi connectivity index (χ3n) is 5.63. The molecule has 1 aromatic heterocycles. The fourth-order valence-electron chi connectivity index (χ4n) is 4.17. The standard InChI is InChI=1S/C22H20N2O4/c1-27-22(26)14-6-7-17-15(10-14)16-12-24(9-8-18(16)23-17)21(25)20-11-13-4-2-3-5-19(13)28-20/h2-7,10,20,23H,8-9,11-12H2,1H3. The summed E-state index contributed by atoms with van der Waals surface area (Å²) >= 11 is 0. The molecule has 142 valence electrons. The fourth-order valence-corrected chi connectivity index (χ4v) is 4.17. The van der Waals surface area contributed by atoms with Gasteiger partial charge in [0.05, 0.1) is 12.7 Å². The van der Waals surface area contributed by atoms with Gasteiger partial charge in [0, 0.05) is 48.1 Å². The SMILES string of the molecule is COC(=O)c1ccc2[nH]c3c(c2c1)CN(C(=O)C1Cc2ccccc2O1)CC3. The van der Waals surface area contributed by atoms with E-state index in [1.807, 2.05) is 41.3 Å². The minimum atomic E-state index is -0.463. The number of carbonyl (C=O) groups is 2. The van der Waals surface area contributed by atoms with Crippen LogP contribution in [0, 0.1) is 0 Å². The van der Waals surface area contributed by atoms with Gasteiger partial charge in [-0.05, 0) is 29.8 Å². The van der Waals surface area contributed by atoms with E-state index < -0.39 is 6.10 Å². The molecule has 3 aromatic rings. The van der Waals surface area contributed by atoms with Crippen molar-refractivity contribution < 1.29 is 19.1 Å². The first-order valence-electron chi connectivity index (χ1n) is 9.39. The van der Waals surface area contributed by atoms with Crippen LogP contribution in [0.1, 0.15) is 27.2 Å². The van der Waals surface area contributed by atoms with Crippen molar-refractivity contribution in [2.75, 3.05) is 13.7 Å². The Bertz CT molecular complexity index is 1080. The summed E-state index contributed by atoms with van der Waals surface area (Å²) < 4.78 is 10.7. The number of amides is 1. The molecule has 6 nitrogen and oxygen atoms in total. The van der Waals surface area contributed by atoms with Crippen molar-refractivity contribution in [2.45, 2.75) is 25.5 Å². The van der Waals surface area contributed by atoms with Gasteiger partial charge in [-0.3, -0.25) is 4.79 Å². The third-order valence-corrected chi connectivity index (χ3v) is 5.63. The Hall–Kier alpha value is -3.28. The molecule has 2 aromatic carbocycles. The first-order chi connectivity index (χ1) is 13.6. The minimum Gasteiger partial charge on any atom is -0.480 e. The molecule has 0 fully saturated rings. The highest BCUT2D eigenvalue weighted by molar-refractivity contribution is 5.96. The van der Waals surface area contributed by atoms with Gasteiger partial charge in [0.1, 0.15) is 5.75 Å². The molecule has 0 spiro atoms. The lowest BCUT2D eigenvalue weighted by Crippen LogP contribution is -2.43. The van der Waals surface area contributed by atoms with Crippen molar-refractivity contribution in [2.24, 2.45) is 0 Å². The van der Waals surface area contributed by atoms with Crippen LogP contribution in [-0.4, -0.2) is 41.5 Å². The molecule has 0 aliphatic carbocycles. The smallest absolute Gasteiger partial charge is 0.337 e. The number of ether oxygens (including phenoxy) is 2. The normalized spacial score (nSPS) is 17.8. The highest BCUT2D eigenvalue weighted by Gasteiger charge is 2.34. The van der Waals surface area contributed by atoms with Gasteiger partial charge in [-0.2, -0.15) is 0 Å². The Labute approximate surface area is 162 Å². The predicted molar refractivity (Wildman–Crippen MR) is 103 cm³/mol. The van der Waals surface area contributed by atoms with Crippen molar-refractivity contribution in [3.8, 4) is 5.75 Å². The summed E-state index contributed by atoms with van der Waals surface area (Å²) in [7, 11) is 1.37. The maximum absolute atomic E-state index is 13.1. The first kappa shape index (κ1) is 16.9. The second-order valence-electron chi connectivity index (χ2n) is 7.26. The molecule has 2 aliphatic rings. The number of nitrogens with one attached hydrogen (secondary N) is 1. The molecule has 3 heterocycles. The van der Waals surface area contributed by atoms with Crippen LogP contribution in [0.2, 0.25) is 0 Å². The summed E-state index contributed by atoms with van der Waals surface area (Å²) in [6, 6.07) is 13.3. The molecule has 1 atom stereocenters. The summed E-state index contributed by atoms with van der Waals surface area (Å²) in [4.78, 5) is 30.2. The van der Waals surface area contributed by atoms with E-state index >= 15 is 0 Å². The first-order valence-corrected chi connectivity index (χ1v) is 9.39. The van der Waals surface area contributed by atoms with E-state index in [-0.39, 0.29) is 11.9 Å². The van der Waals surface area contributed by atoms with E-state index in [4.69, 9.17) is 9.47 Å². The highest BCUT2D eigenvalue weighted by Crippen LogP contribution is 2.32. The number of carbonyl (C=O) groups excluding carboxylic acids is 2. The van der Waals surface area contributed by atoms with Crippen molar-refractivity contribution in [3.63, 3.8) is 0 Å². The summed E-state index contributed by atoms with van der Waals surface area (Å²) in [6.07, 6.45) is 0.900. The number of fused-ring (bicyclic) bond motifs is 4. The van der Waals surface area contributed by atoms with Crippen molar-refractivity contribution in [1.82, 2.24) is 9.88 Å². The highest BCUT2D eigenvalue weighted by atomic mass is 16.5. The summed E-state index contributed by atoms with van der Waals surface area (Å²) in [5, 5.41) is 0.964. The molecule has 2 aliphatic heterocycles. The number of aromatic nitrogens is 1. The largest absolute Gasteiger partial charge is 0.480 e. The number of para-hydroxylation sites is 1. The summed E-state index contributed by atoms with van der Waals surface area (Å²) in [5.41, 5.74) is 4.74. The number of methoxy groups -OCH3 is 1. The number of hydrogen-bond acceptors (Lipinski definition) is 4. The quantitative estimate of drug-likeness (QED) is 0.698. The number of benzene rings is 2. The van der Waals surface area contributed by atoms with Crippen molar-refractivity contribution >= 4 is 22.8 Å². The van der Waals surface area contributed by atoms with Gasteiger partial charge in [0.25, 0.3) is 5.91 Å². The molecule has 1 amide bonds. The fraction of sp³-hybridized carbons (Fsp3) is 0.273. The van der Waals surface area contributed by atoms with Crippen LogP contribution in [0.4, 0.5) is 0 Å². The average Bonchev–Trinajstić information content (AvgIpc) is 3.33. The van der Waals surface area contributed by atoms with Gasteiger partial charge < -0.3 is 19.4 Å². The second kappa shape index (κ2) is 6.41. The lowest BCUT2D eigenvalue weighted by molar-refractivity contribution is -0.138. The predicted octanol–water partition coefficient (Wildman–Crippen LogP) is 2.84. The van der Waals surface area contributed by atoms with Gasteiger partial charge in [-0.25, -0.2) is 4.79 Å². The molecule has 0 bridgehead atoms. The Morgan fingerprint density at radius 1 is 1.21 bits per heavy atom. The van der Waals surface area contributed by atoms with Crippen LogP contribution >= 0.6 is 0 Å². The van der Waals surface area contributed by atoms with Crippen LogP contribution in [0.25, 0.3) is 10.9 Å². The second-order valence-corrected chi connectivity index (χ2v) is 7.26. The lowest BCUT2D eigenvalue weighted by atomic mass is 10.0. The molecule has 1 N–H and O–H groups in total. The number of aromatic amines is 1. The number of nitrogens with zero attached hydrogens (tertiary/aromatic N) is 1. The third kappa shape index (κ3) is 2.64. The van der Waals surface area contributed by atoms with E-state index in [9.17, 15) is 9.59 Å².